The molecule has 6 heteroatoms. The molecule has 0 radical (unpaired) electrons. The van der Waals surface area contributed by atoms with Gasteiger partial charge in [0, 0.05) is 11.0 Å². The number of nitrogens with zero attached hydrogens (tertiary/aromatic N) is 3. The summed E-state index contributed by atoms with van der Waals surface area (Å²) in [5, 5.41) is 4.36. The molecule has 4 rings (SSSR count). The first-order valence-corrected chi connectivity index (χ1v) is 9.25. The number of aromatic nitrogens is 2. The van der Waals surface area contributed by atoms with Gasteiger partial charge in [0.25, 0.3) is 5.91 Å². The van der Waals surface area contributed by atoms with Gasteiger partial charge in [-0.15, -0.1) is 0 Å². The van der Waals surface area contributed by atoms with E-state index < -0.39 is 0 Å². The van der Waals surface area contributed by atoms with Gasteiger partial charge in [-0.05, 0) is 49.6 Å². The summed E-state index contributed by atoms with van der Waals surface area (Å²) in [6.45, 7) is 2.36. The molecule has 0 unspecified atom stereocenters. The molecular formula is C20H17BrFN3O. The molecule has 1 aliphatic heterocycles. The van der Waals surface area contributed by atoms with Crippen molar-refractivity contribution in [1.29, 1.82) is 0 Å². The number of hydrogen-bond donors (Lipinski definition) is 0. The molecule has 0 atom stereocenters. The van der Waals surface area contributed by atoms with Crippen molar-refractivity contribution in [2.75, 3.05) is 11.4 Å². The number of fused-ring (bicyclic) bond motifs is 1. The highest BCUT2D eigenvalue weighted by atomic mass is 79.9. The fraction of sp³-hybridized carbons (Fsp3) is 0.200. The van der Waals surface area contributed by atoms with E-state index in [4.69, 9.17) is 0 Å². The molecule has 132 valence electrons. The molecule has 0 saturated carbocycles. The maximum atomic E-state index is 14.6. The van der Waals surface area contributed by atoms with Crippen LogP contribution in [0, 0.1) is 12.7 Å². The summed E-state index contributed by atoms with van der Waals surface area (Å²) in [6, 6.07) is 12.9. The van der Waals surface area contributed by atoms with E-state index >= 15 is 0 Å². The predicted molar refractivity (Wildman–Crippen MR) is 102 cm³/mol. The molecule has 0 bridgehead atoms. The Hall–Kier alpha value is -2.47. The monoisotopic (exact) mass is 413 g/mol. The molecule has 0 N–H and O–H groups in total. The Morgan fingerprint density at radius 1 is 1.23 bits per heavy atom. The molecule has 0 saturated heterocycles. The Kier molecular flexibility index (Phi) is 4.36. The highest BCUT2D eigenvalue weighted by molar-refractivity contribution is 9.10. The van der Waals surface area contributed by atoms with E-state index in [0.717, 1.165) is 29.8 Å². The maximum Gasteiger partial charge on any atom is 0.261 e. The summed E-state index contributed by atoms with van der Waals surface area (Å²) in [5.74, 6) is -0.595. The molecular weight excluding hydrogens is 397 g/mol. The van der Waals surface area contributed by atoms with E-state index in [2.05, 4.69) is 21.0 Å². The van der Waals surface area contributed by atoms with Crippen LogP contribution in [0.4, 0.5) is 10.1 Å². The number of halogens is 2. The van der Waals surface area contributed by atoms with Crippen molar-refractivity contribution in [2.24, 2.45) is 0 Å². The van der Waals surface area contributed by atoms with Gasteiger partial charge in [-0.25, -0.2) is 9.07 Å². The first-order chi connectivity index (χ1) is 12.6. The standard InChI is InChI=1S/C20H17BrFN3O/c1-13-17(12-23-25(13)16-7-3-2-4-8-16)20(26)24-9-5-6-14-10-15(21)11-18(22)19(14)24/h2-4,7-8,10-12H,5-6,9H2,1H3. The molecule has 0 fully saturated rings. The van der Waals surface area contributed by atoms with E-state index in [1.54, 1.807) is 15.8 Å². The third kappa shape index (κ3) is 2.84. The Bertz CT molecular complexity index is 984. The van der Waals surface area contributed by atoms with Gasteiger partial charge in [-0.3, -0.25) is 4.79 Å². The van der Waals surface area contributed by atoms with Crippen molar-refractivity contribution < 1.29 is 9.18 Å². The predicted octanol–water partition coefficient (Wildman–Crippen LogP) is 4.68. The number of carbonyl (C=O) groups is 1. The van der Waals surface area contributed by atoms with Crippen molar-refractivity contribution >= 4 is 27.5 Å². The van der Waals surface area contributed by atoms with Crippen molar-refractivity contribution in [2.45, 2.75) is 19.8 Å². The van der Waals surface area contributed by atoms with Crippen LogP contribution in [0.1, 0.15) is 28.0 Å². The number of amides is 1. The van der Waals surface area contributed by atoms with Gasteiger partial charge in [0.05, 0.1) is 28.8 Å². The van der Waals surface area contributed by atoms with Crippen LogP contribution >= 0.6 is 15.9 Å². The molecule has 1 amide bonds. The zero-order valence-corrected chi connectivity index (χ0v) is 15.8. The largest absolute Gasteiger partial charge is 0.305 e. The first kappa shape index (κ1) is 17.0. The van der Waals surface area contributed by atoms with E-state index in [0.29, 0.717) is 22.3 Å². The van der Waals surface area contributed by atoms with Gasteiger partial charge in [-0.2, -0.15) is 5.10 Å². The molecule has 4 nitrogen and oxygen atoms in total. The van der Waals surface area contributed by atoms with Crippen molar-refractivity contribution in [3.05, 3.63) is 75.8 Å². The molecule has 0 spiro atoms. The summed E-state index contributed by atoms with van der Waals surface area (Å²) < 4.78 is 17.0. The number of benzene rings is 2. The Morgan fingerprint density at radius 2 is 2.00 bits per heavy atom. The van der Waals surface area contributed by atoms with Gasteiger partial charge >= 0.3 is 0 Å². The summed E-state index contributed by atoms with van der Waals surface area (Å²) in [7, 11) is 0. The Labute approximate surface area is 159 Å². The van der Waals surface area contributed by atoms with E-state index in [1.165, 1.54) is 6.07 Å². The lowest BCUT2D eigenvalue weighted by molar-refractivity contribution is 0.0983. The number of aryl methyl sites for hydroxylation is 1. The Balaban J connectivity index is 1.74. The quantitative estimate of drug-likeness (QED) is 0.611. The molecule has 26 heavy (non-hydrogen) atoms. The zero-order chi connectivity index (χ0) is 18.3. The van der Waals surface area contributed by atoms with Crippen molar-refractivity contribution in [3.8, 4) is 5.69 Å². The molecule has 3 aromatic rings. The zero-order valence-electron chi connectivity index (χ0n) is 14.2. The van der Waals surface area contributed by atoms with Gasteiger partial charge in [-0.1, -0.05) is 34.1 Å². The second-order valence-electron chi connectivity index (χ2n) is 6.35. The number of para-hydroxylation sites is 1. The van der Waals surface area contributed by atoms with Crippen LogP contribution in [0.15, 0.2) is 53.1 Å². The lowest BCUT2D eigenvalue weighted by atomic mass is 10.0. The maximum absolute atomic E-state index is 14.6. The lowest BCUT2D eigenvalue weighted by Crippen LogP contribution is -2.36. The van der Waals surface area contributed by atoms with Crippen LogP contribution in [0.5, 0.6) is 0 Å². The average molecular weight is 414 g/mol. The Morgan fingerprint density at radius 3 is 2.77 bits per heavy atom. The summed E-state index contributed by atoms with van der Waals surface area (Å²) in [5.41, 5.74) is 3.36. The molecule has 0 aliphatic carbocycles. The van der Waals surface area contributed by atoms with E-state index in [-0.39, 0.29) is 11.7 Å². The summed E-state index contributed by atoms with van der Waals surface area (Å²) in [6.07, 6.45) is 3.13. The SMILES string of the molecule is Cc1c(C(=O)N2CCCc3cc(Br)cc(F)c32)cnn1-c1ccccc1. The third-order valence-electron chi connectivity index (χ3n) is 4.69. The molecule has 2 heterocycles. The summed E-state index contributed by atoms with van der Waals surface area (Å²) in [4.78, 5) is 14.7. The average Bonchev–Trinajstić information content (AvgIpc) is 3.02. The highest BCUT2D eigenvalue weighted by Crippen LogP contribution is 2.34. The first-order valence-electron chi connectivity index (χ1n) is 8.46. The van der Waals surface area contributed by atoms with E-state index in [1.807, 2.05) is 43.3 Å². The highest BCUT2D eigenvalue weighted by Gasteiger charge is 2.29. The smallest absolute Gasteiger partial charge is 0.261 e. The van der Waals surface area contributed by atoms with Crippen LogP contribution in [0.2, 0.25) is 0 Å². The number of rotatable bonds is 2. The summed E-state index contributed by atoms with van der Waals surface area (Å²) >= 11 is 3.33. The molecule has 2 aromatic carbocycles. The number of anilines is 1. The molecule has 1 aromatic heterocycles. The van der Waals surface area contributed by atoms with Crippen molar-refractivity contribution in [1.82, 2.24) is 9.78 Å². The topological polar surface area (TPSA) is 38.1 Å². The van der Waals surface area contributed by atoms with E-state index in [9.17, 15) is 9.18 Å². The minimum atomic E-state index is -0.379. The number of carbonyl (C=O) groups excluding carboxylic acids is 1. The fourth-order valence-corrected chi connectivity index (χ4v) is 3.93. The normalized spacial score (nSPS) is 13.6. The van der Waals surface area contributed by atoms with Gasteiger partial charge in [0.1, 0.15) is 5.82 Å². The van der Waals surface area contributed by atoms with Crippen molar-refractivity contribution in [3.63, 3.8) is 0 Å². The van der Waals surface area contributed by atoms with Gasteiger partial charge < -0.3 is 4.90 Å². The van der Waals surface area contributed by atoms with Gasteiger partial charge in [0.2, 0.25) is 0 Å². The van der Waals surface area contributed by atoms with Crippen LogP contribution in [0.3, 0.4) is 0 Å². The van der Waals surface area contributed by atoms with Crippen LogP contribution < -0.4 is 4.90 Å². The molecule has 1 aliphatic rings. The third-order valence-corrected chi connectivity index (χ3v) is 5.15. The van der Waals surface area contributed by atoms with Gasteiger partial charge in [0.15, 0.2) is 0 Å². The fourth-order valence-electron chi connectivity index (χ4n) is 3.45. The number of hydrogen-bond acceptors (Lipinski definition) is 2. The minimum absolute atomic E-state index is 0.216. The minimum Gasteiger partial charge on any atom is -0.305 e. The lowest BCUT2D eigenvalue weighted by Gasteiger charge is -2.30. The van der Waals surface area contributed by atoms with Crippen LogP contribution in [0.25, 0.3) is 5.69 Å². The van der Waals surface area contributed by atoms with Crippen LogP contribution in [-0.4, -0.2) is 22.2 Å². The second-order valence-corrected chi connectivity index (χ2v) is 7.26. The van der Waals surface area contributed by atoms with Crippen LogP contribution in [-0.2, 0) is 6.42 Å². The second kappa shape index (κ2) is 6.68.